The predicted octanol–water partition coefficient (Wildman–Crippen LogP) is 3.80. The van der Waals surface area contributed by atoms with Crippen molar-refractivity contribution < 1.29 is 9.18 Å². The summed E-state index contributed by atoms with van der Waals surface area (Å²) in [7, 11) is 0. The number of benzene rings is 2. The normalized spacial score (nSPS) is 10.5. The van der Waals surface area contributed by atoms with Gasteiger partial charge in [-0.05, 0) is 29.8 Å². The SMILES string of the molecule is O=C(CSc1ccccc1)Nc1ccn(Cc2cccc(F)c2)n1. The third-order valence-corrected chi connectivity index (χ3v) is 4.27. The van der Waals surface area contributed by atoms with Gasteiger partial charge in [-0.2, -0.15) is 5.10 Å². The van der Waals surface area contributed by atoms with Gasteiger partial charge in [-0.1, -0.05) is 30.3 Å². The molecular weight excluding hydrogens is 325 g/mol. The number of hydrogen-bond acceptors (Lipinski definition) is 3. The van der Waals surface area contributed by atoms with Crippen LogP contribution in [0.3, 0.4) is 0 Å². The molecule has 2 aromatic carbocycles. The minimum atomic E-state index is -0.272. The number of rotatable bonds is 6. The molecule has 0 radical (unpaired) electrons. The van der Waals surface area contributed by atoms with E-state index in [1.807, 2.05) is 36.4 Å². The lowest BCUT2D eigenvalue weighted by atomic mass is 10.2. The van der Waals surface area contributed by atoms with E-state index in [4.69, 9.17) is 0 Å². The number of thioether (sulfide) groups is 1. The molecule has 3 rings (SSSR count). The van der Waals surface area contributed by atoms with E-state index in [1.54, 1.807) is 23.0 Å². The number of amides is 1. The summed E-state index contributed by atoms with van der Waals surface area (Å²) in [6.07, 6.45) is 1.75. The van der Waals surface area contributed by atoms with E-state index >= 15 is 0 Å². The average Bonchev–Trinajstić information content (AvgIpc) is 3.01. The number of carbonyl (C=O) groups excluding carboxylic acids is 1. The van der Waals surface area contributed by atoms with Crippen LogP contribution in [0.5, 0.6) is 0 Å². The molecule has 0 atom stereocenters. The van der Waals surface area contributed by atoms with Gasteiger partial charge in [-0.15, -0.1) is 11.8 Å². The van der Waals surface area contributed by atoms with Gasteiger partial charge in [-0.3, -0.25) is 9.48 Å². The van der Waals surface area contributed by atoms with Crippen molar-refractivity contribution in [3.63, 3.8) is 0 Å². The molecule has 122 valence electrons. The highest BCUT2D eigenvalue weighted by Crippen LogP contribution is 2.17. The highest BCUT2D eigenvalue weighted by atomic mass is 32.2. The van der Waals surface area contributed by atoms with Crippen molar-refractivity contribution in [1.29, 1.82) is 0 Å². The Morgan fingerprint density at radius 1 is 1.12 bits per heavy atom. The van der Waals surface area contributed by atoms with Crippen LogP contribution in [0, 0.1) is 5.82 Å². The first-order chi connectivity index (χ1) is 11.7. The Morgan fingerprint density at radius 2 is 1.96 bits per heavy atom. The zero-order chi connectivity index (χ0) is 16.8. The first-order valence-corrected chi connectivity index (χ1v) is 8.43. The van der Waals surface area contributed by atoms with Crippen LogP contribution in [0.4, 0.5) is 10.2 Å². The van der Waals surface area contributed by atoms with E-state index in [2.05, 4.69) is 10.4 Å². The van der Waals surface area contributed by atoms with Crippen LogP contribution < -0.4 is 5.32 Å². The molecular formula is C18H16FN3OS. The van der Waals surface area contributed by atoms with Crippen molar-refractivity contribution >= 4 is 23.5 Å². The summed E-state index contributed by atoms with van der Waals surface area (Å²) in [5, 5.41) is 7.05. The van der Waals surface area contributed by atoms with Crippen LogP contribution in [0.25, 0.3) is 0 Å². The van der Waals surface area contributed by atoms with Crippen molar-refractivity contribution in [2.24, 2.45) is 0 Å². The maximum absolute atomic E-state index is 13.2. The minimum absolute atomic E-state index is 0.111. The van der Waals surface area contributed by atoms with Gasteiger partial charge in [0, 0.05) is 17.2 Å². The number of anilines is 1. The first-order valence-electron chi connectivity index (χ1n) is 7.45. The molecule has 0 unspecified atom stereocenters. The van der Waals surface area contributed by atoms with Crippen LogP contribution in [-0.4, -0.2) is 21.4 Å². The molecule has 1 aromatic heterocycles. The van der Waals surface area contributed by atoms with Crippen LogP contribution in [0.1, 0.15) is 5.56 Å². The number of aromatic nitrogens is 2. The van der Waals surface area contributed by atoms with Gasteiger partial charge in [0.25, 0.3) is 0 Å². The standard InChI is InChI=1S/C18H16FN3OS/c19-15-6-4-5-14(11-15)12-22-10-9-17(21-22)20-18(23)13-24-16-7-2-1-3-8-16/h1-11H,12-13H2,(H,20,21,23). The first kappa shape index (κ1) is 16.3. The molecule has 0 saturated heterocycles. The molecule has 4 nitrogen and oxygen atoms in total. The van der Waals surface area contributed by atoms with Gasteiger partial charge in [0.2, 0.25) is 5.91 Å². The van der Waals surface area contributed by atoms with Crippen LogP contribution in [-0.2, 0) is 11.3 Å². The Hall–Kier alpha value is -2.60. The van der Waals surface area contributed by atoms with E-state index < -0.39 is 0 Å². The molecule has 0 bridgehead atoms. The van der Waals surface area contributed by atoms with Crippen molar-refractivity contribution in [3.8, 4) is 0 Å². The van der Waals surface area contributed by atoms with Crippen LogP contribution in [0.15, 0.2) is 71.8 Å². The highest BCUT2D eigenvalue weighted by Gasteiger charge is 2.06. The number of carbonyl (C=O) groups is 1. The molecule has 0 aliphatic heterocycles. The van der Waals surface area contributed by atoms with Gasteiger partial charge in [0.1, 0.15) is 5.82 Å². The second-order valence-corrected chi connectivity index (χ2v) is 6.23. The van der Waals surface area contributed by atoms with Gasteiger partial charge in [-0.25, -0.2) is 4.39 Å². The predicted molar refractivity (Wildman–Crippen MR) is 93.5 cm³/mol. The molecule has 0 aliphatic rings. The lowest BCUT2D eigenvalue weighted by Gasteiger charge is -2.03. The van der Waals surface area contributed by atoms with Gasteiger partial charge >= 0.3 is 0 Å². The Balaban J connectivity index is 1.53. The summed E-state index contributed by atoms with van der Waals surface area (Å²) in [6.45, 7) is 0.451. The molecule has 0 aliphatic carbocycles. The molecule has 1 N–H and O–H groups in total. The zero-order valence-corrected chi connectivity index (χ0v) is 13.7. The second-order valence-electron chi connectivity index (χ2n) is 5.18. The fourth-order valence-electron chi connectivity index (χ4n) is 2.18. The van der Waals surface area contributed by atoms with Crippen LogP contribution >= 0.6 is 11.8 Å². The van der Waals surface area contributed by atoms with E-state index in [0.717, 1.165) is 10.5 Å². The molecule has 3 aromatic rings. The van der Waals surface area contributed by atoms with E-state index in [1.165, 1.54) is 23.9 Å². The number of halogens is 1. The maximum atomic E-state index is 13.2. The third-order valence-electron chi connectivity index (χ3n) is 3.25. The second kappa shape index (κ2) is 7.79. The zero-order valence-electron chi connectivity index (χ0n) is 12.9. The summed E-state index contributed by atoms with van der Waals surface area (Å²) in [4.78, 5) is 13.0. The third kappa shape index (κ3) is 4.70. The Morgan fingerprint density at radius 3 is 2.75 bits per heavy atom. The number of nitrogens with zero attached hydrogens (tertiary/aromatic N) is 2. The fraction of sp³-hybridized carbons (Fsp3) is 0.111. The maximum Gasteiger partial charge on any atom is 0.235 e. The molecule has 0 fully saturated rings. The fourth-order valence-corrected chi connectivity index (χ4v) is 2.90. The largest absolute Gasteiger partial charge is 0.308 e. The highest BCUT2D eigenvalue weighted by molar-refractivity contribution is 8.00. The van der Waals surface area contributed by atoms with Gasteiger partial charge in [0.05, 0.1) is 12.3 Å². The van der Waals surface area contributed by atoms with Gasteiger partial charge < -0.3 is 5.32 Å². The van der Waals surface area contributed by atoms with Crippen molar-refractivity contribution in [3.05, 3.63) is 78.2 Å². The Labute approximate surface area is 143 Å². The number of nitrogens with one attached hydrogen (secondary N) is 1. The summed E-state index contributed by atoms with van der Waals surface area (Å²) in [5.41, 5.74) is 0.815. The Bertz CT molecular complexity index is 820. The lowest BCUT2D eigenvalue weighted by Crippen LogP contribution is -2.14. The quantitative estimate of drug-likeness (QED) is 0.694. The summed E-state index contributed by atoms with van der Waals surface area (Å²) < 4.78 is 14.8. The number of hydrogen-bond donors (Lipinski definition) is 1. The topological polar surface area (TPSA) is 46.9 Å². The lowest BCUT2D eigenvalue weighted by molar-refractivity contribution is -0.113. The molecule has 1 heterocycles. The molecule has 0 spiro atoms. The van der Waals surface area contributed by atoms with Crippen molar-refractivity contribution in [1.82, 2.24) is 9.78 Å². The average molecular weight is 341 g/mol. The molecule has 6 heteroatoms. The molecule has 0 saturated carbocycles. The monoisotopic (exact) mass is 341 g/mol. The smallest absolute Gasteiger partial charge is 0.235 e. The van der Waals surface area contributed by atoms with E-state index in [-0.39, 0.29) is 11.7 Å². The van der Waals surface area contributed by atoms with Gasteiger partial charge in [0.15, 0.2) is 5.82 Å². The molecule has 1 amide bonds. The van der Waals surface area contributed by atoms with Crippen molar-refractivity contribution in [2.75, 3.05) is 11.1 Å². The van der Waals surface area contributed by atoms with Crippen molar-refractivity contribution in [2.45, 2.75) is 11.4 Å². The van der Waals surface area contributed by atoms with E-state index in [0.29, 0.717) is 18.1 Å². The minimum Gasteiger partial charge on any atom is -0.308 e. The summed E-state index contributed by atoms with van der Waals surface area (Å²) in [5.74, 6) is 0.428. The van der Waals surface area contributed by atoms with Crippen LogP contribution in [0.2, 0.25) is 0 Å². The van der Waals surface area contributed by atoms with E-state index in [9.17, 15) is 9.18 Å². The molecule has 24 heavy (non-hydrogen) atoms. The summed E-state index contributed by atoms with van der Waals surface area (Å²) >= 11 is 1.47. The Kier molecular flexibility index (Phi) is 5.28. The summed E-state index contributed by atoms with van der Waals surface area (Å²) in [6, 6.07) is 17.8.